The first-order chi connectivity index (χ1) is 14.9. The van der Waals surface area contributed by atoms with Crippen LogP contribution >= 0.6 is 0 Å². The first-order valence-electron chi connectivity index (χ1n) is 10.5. The molecule has 0 aliphatic heterocycles. The molecule has 0 bridgehead atoms. The van der Waals surface area contributed by atoms with Gasteiger partial charge in [0, 0.05) is 13.0 Å². The van der Waals surface area contributed by atoms with Crippen molar-refractivity contribution in [3.05, 3.63) is 83.6 Å². The highest BCUT2D eigenvalue weighted by molar-refractivity contribution is 5.72. The molecule has 1 atom stereocenters. The highest BCUT2D eigenvalue weighted by atomic mass is 16.5. The van der Waals surface area contributed by atoms with Gasteiger partial charge in [-0.15, -0.1) is 0 Å². The first-order valence-corrected chi connectivity index (χ1v) is 10.5. The van der Waals surface area contributed by atoms with Crippen molar-refractivity contribution in [2.75, 3.05) is 6.61 Å². The van der Waals surface area contributed by atoms with E-state index in [-0.39, 0.29) is 17.9 Å². The summed E-state index contributed by atoms with van der Waals surface area (Å²) in [6, 6.07) is 15.2. The molecule has 5 nitrogen and oxygen atoms in total. The Balaban J connectivity index is 1.85. The van der Waals surface area contributed by atoms with Gasteiger partial charge in [0.25, 0.3) is 0 Å². The third-order valence-electron chi connectivity index (χ3n) is 4.60. The van der Waals surface area contributed by atoms with E-state index >= 15 is 0 Å². The molecule has 5 heteroatoms. The number of benzene rings is 2. The molecular formula is C26H31O5+. The van der Waals surface area contributed by atoms with E-state index in [1.54, 1.807) is 18.2 Å². The van der Waals surface area contributed by atoms with Gasteiger partial charge in [-0.25, -0.2) is 0 Å². The molecule has 2 aromatic rings. The van der Waals surface area contributed by atoms with Gasteiger partial charge in [0.1, 0.15) is 17.9 Å². The zero-order chi connectivity index (χ0) is 22.6. The van der Waals surface area contributed by atoms with Crippen molar-refractivity contribution in [2.24, 2.45) is 0 Å². The Hall–Kier alpha value is -3.34. The van der Waals surface area contributed by atoms with Crippen LogP contribution in [0.2, 0.25) is 0 Å². The van der Waals surface area contributed by atoms with Crippen LogP contribution < -0.4 is 9.47 Å². The maximum Gasteiger partial charge on any atom is 0.489 e. The van der Waals surface area contributed by atoms with Gasteiger partial charge in [-0.05, 0) is 67.7 Å². The number of aryl methyl sites for hydroxylation is 1. The zero-order valence-electron chi connectivity index (χ0n) is 18.6. The van der Waals surface area contributed by atoms with Gasteiger partial charge in [-0.3, -0.25) is 9.53 Å². The number of carbonyl (C=O) groups is 1. The molecule has 0 spiro atoms. The van der Waals surface area contributed by atoms with E-state index in [1.165, 1.54) is 6.92 Å². The lowest BCUT2D eigenvalue weighted by atomic mass is 10.0. The molecule has 0 fully saturated rings. The zero-order valence-corrected chi connectivity index (χ0v) is 18.6. The highest BCUT2D eigenvalue weighted by Gasteiger charge is 2.15. The number of rotatable bonds is 10. The summed E-state index contributed by atoms with van der Waals surface area (Å²) < 4.78 is 16.1. The highest BCUT2D eigenvalue weighted by Crippen LogP contribution is 2.21. The van der Waals surface area contributed by atoms with E-state index in [0.29, 0.717) is 31.0 Å². The molecule has 1 N–H and O–H groups in total. The summed E-state index contributed by atoms with van der Waals surface area (Å²) in [5.41, 5.74) is 2.17. The largest absolute Gasteiger partial charge is 0.494 e. The van der Waals surface area contributed by atoms with Gasteiger partial charge in [-0.1, -0.05) is 37.3 Å². The fourth-order valence-electron chi connectivity index (χ4n) is 2.90. The van der Waals surface area contributed by atoms with Crippen LogP contribution in [0.4, 0.5) is 0 Å². The molecule has 0 aliphatic rings. The molecule has 0 radical (unpaired) electrons. The monoisotopic (exact) mass is 423 g/mol. The number of carbonyl (C=O) groups excluding carboxylic acids is 2. The number of esters is 2. The van der Waals surface area contributed by atoms with Gasteiger partial charge in [-0.2, -0.15) is 0 Å². The van der Waals surface area contributed by atoms with E-state index in [2.05, 4.69) is 6.92 Å². The topological polar surface area (TPSA) is 66.2 Å². The molecule has 0 unspecified atom stereocenters. The van der Waals surface area contributed by atoms with Crippen LogP contribution in [0.15, 0.2) is 72.5 Å². The van der Waals surface area contributed by atoms with E-state index in [1.807, 2.05) is 62.4 Å². The van der Waals surface area contributed by atoms with E-state index in [0.717, 1.165) is 16.9 Å². The smallest absolute Gasteiger partial charge is 0.489 e. The fourth-order valence-corrected chi connectivity index (χ4v) is 2.90. The molecule has 31 heavy (non-hydrogen) atoms. The minimum atomic E-state index is -0.339. The van der Waals surface area contributed by atoms with Crippen LogP contribution in [-0.2, 0) is 16.0 Å². The van der Waals surface area contributed by atoms with Crippen molar-refractivity contribution in [1.82, 2.24) is 0 Å². The predicted octanol–water partition coefficient (Wildman–Crippen LogP) is 5.73. The number of allylic oxidation sites excluding steroid dienone is 3. The molecule has 2 aromatic carbocycles. The minimum Gasteiger partial charge on any atom is -0.494 e. The van der Waals surface area contributed by atoms with Gasteiger partial charge >= 0.3 is 11.9 Å². The summed E-state index contributed by atoms with van der Waals surface area (Å²) >= 11 is 0. The minimum absolute atomic E-state index is 0.0231. The molecular weight excluding hydrogens is 392 g/mol. The standard InChI is InChI=1S/C26H30O5/c1-5-23(13-7-19(3)22-11-16-25(17-12-22)30-20(4)27)31-26(28)18-10-21-8-14-24(15-9-21)29-6-2/h5,7-9,11-17,19H,6,10,18H2,1-4H3/p+1/b13-7-,23-5+/t19-/m1/s1. The lowest BCUT2D eigenvalue weighted by molar-refractivity contribution is -0.131. The summed E-state index contributed by atoms with van der Waals surface area (Å²) in [6.07, 6.45) is 6.73. The second-order valence-corrected chi connectivity index (χ2v) is 7.07. The van der Waals surface area contributed by atoms with Gasteiger partial charge in [0.05, 0.1) is 6.61 Å². The second kappa shape index (κ2) is 12.4. The summed E-state index contributed by atoms with van der Waals surface area (Å²) in [6.45, 7) is 7.88. The fraction of sp³-hybridized carbons (Fsp3) is 0.308. The molecule has 0 heterocycles. The average Bonchev–Trinajstić information content (AvgIpc) is 2.76. The molecule has 0 aliphatic carbocycles. The lowest BCUT2D eigenvalue weighted by Crippen LogP contribution is -2.06. The molecule has 0 amide bonds. The Bertz CT molecular complexity index is 908. The molecule has 0 saturated heterocycles. The lowest BCUT2D eigenvalue weighted by Gasteiger charge is -2.08. The van der Waals surface area contributed by atoms with Crippen LogP contribution in [0.5, 0.6) is 11.5 Å². The Morgan fingerprint density at radius 2 is 1.71 bits per heavy atom. The summed E-state index contributed by atoms with van der Waals surface area (Å²) in [5, 5.41) is 0. The van der Waals surface area contributed by atoms with Crippen molar-refractivity contribution in [2.45, 2.75) is 46.5 Å². The van der Waals surface area contributed by atoms with Crippen LogP contribution in [0.1, 0.15) is 51.2 Å². The van der Waals surface area contributed by atoms with Crippen LogP contribution in [-0.4, -0.2) is 23.3 Å². The van der Waals surface area contributed by atoms with Crippen molar-refractivity contribution < 1.29 is 23.8 Å². The molecule has 0 saturated carbocycles. The quantitative estimate of drug-likeness (QED) is 0.161. The normalized spacial score (nSPS) is 12.5. The van der Waals surface area contributed by atoms with Gasteiger partial charge in [0.2, 0.25) is 5.76 Å². The molecule has 0 aromatic heterocycles. The summed E-state index contributed by atoms with van der Waals surface area (Å²) in [5.74, 6) is 1.70. The van der Waals surface area contributed by atoms with E-state index in [4.69, 9.17) is 14.2 Å². The Kier molecular flexibility index (Phi) is 9.56. The average molecular weight is 424 g/mol. The SMILES string of the molecule is C/C=C(\C=C/[C@@H](C)c1ccc(OC(C)=O)cc1)OC(=[OH+])CCc1ccc(OCC)cc1. The van der Waals surface area contributed by atoms with E-state index in [9.17, 15) is 9.59 Å². The third-order valence-corrected chi connectivity index (χ3v) is 4.60. The van der Waals surface area contributed by atoms with Crippen LogP contribution in [0.3, 0.4) is 0 Å². The Morgan fingerprint density at radius 3 is 2.29 bits per heavy atom. The van der Waals surface area contributed by atoms with Gasteiger partial charge < -0.3 is 14.3 Å². The van der Waals surface area contributed by atoms with Crippen molar-refractivity contribution in [1.29, 1.82) is 0 Å². The number of hydrogen-bond acceptors (Lipinski definition) is 4. The summed E-state index contributed by atoms with van der Waals surface area (Å²) in [4.78, 5) is 21.2. The number of hydrogen-bond donors (Lipinski definition) is 0. The van der Waals surface area contributed by atoms with Gasteiger partial charge in [0.15, 0.2) is 0 Å². The maximum absolute atomic E-state index is 11.0. The summed E-state index contributed by atoms with van der Waals surface area (Å²) in [7, 11) is 0. The van der Waals surface area contributed by atoms with Crippen LogP contribution in [0.25, 0.3) is 0 Å². The molecule has 2 rings (SSSR count). The van der Waals surface area contributed by atoms with Crippen molar-refractivity contribution in [3.8, 4) is 11.5 Å². The van der Waals surface area contributed by atoms with Crippen LogP contribution in [0, 0.1) is 0 Å². The maximum atomic E-state index is 11.0. The predicted molar refractivity (Wildman–Crippen MR) is 123 cm³/mol. The Labute approximate surface area is 184 Å². The Morgan fingerprint density at radius 1 is 1.06 bits per heavy atom. The first kappa shape index (κ1) is 23.9. The van der Waals surface area contributed by atoms with Crippen molar-refractivity contribution >= 4 is 11.9 Å². The second-order valence-electron chi connectivity index (χ2n) is 7.07. The molecule has 164 valence electrons. The third kappa shape index (κ3) is 8.51. The van der Waals surface area contributed by atoms with Crippen molar-refractivity contribution in [3.63, 3.8) is 0 Å². The number of ether oxygens (including phenoxy) is 3. The van der Waals surface area contributed by atoms with E-state index < -0.39 is 0 Å².